The van der Waals surface area contributed by atoms with E-state index in [1.54, 1.807) is 11.8 Å². The van der Waals surface area contributed by atoms with Crippen LogP contribution in [0.25, 0.3) is 0 Å². The number of benzene rings is 1. The fourth-order valence-corrected chi connectivity index (χ4v) is 4.66. The molecule has 5 nitrogen and oxygen atoms in total. The minimum Gasteiger partial charge on any atom is -0.361 e. The second kappa shape index (κ2) is 8.27. The van der Waals surface area contributed by atoms with E-state index in [1.165, 1.54) is 11.1 Å². The molecule has 1 fully saturated rings. The van der Waals surface area contributed by atoms with Crippen molar-refractivity contribution in [2.24, 2.45) is 5.73 Å². The Kier molecular flexibility index (Phi) is 6.04. The molecule has 2 aromatic rings. The lowest BCUT2D eigenvalue weighted by Gasteiger charge is -2.29. The average molecular weight is 374 g/mol. The molecular weight excluding hydrogens is 346 g/mol. The molecule has 0 aliphatic carbocycles. The van der Waals surface area contributed by atoms with Crippen LogP contribution >= 0.6 is 11.8 Å². The summed E-state index contributed by atoms with van der Waals surface area (Å²) in [4.78, 5) is 14.7. The zero-order valence-electron chi connectivity index (χ0n) is 15.7. The highest BCUT2D eigenvalue weighted by atomic mass is 32.2. The van der Waals surface area contributed by atoms with E-state index < -0.39 is 0 Å². The molecule has 1 aliphatic rings. The van der Waals surface area contributed by atoms with E-state index in [2.05, 4.69) is 30.3 Å². The summed E-state index contributed by atoms with van der Waals surface area (Å²) in [5.41, 5.74) is 10.8. The summed E-state index contributed by atoms with van der Waals surface area (Å²) in [6, 6.07) is 8.57. The number of aryl methyl sites for hydroxylation is 3. The highest BCUT2D eigenvalue weighted by molar-refractivity contribution is 7.99. The Labute approximate surface area is 159 Å². The Morgan fingerprint density at radius 2 is 2.08 bits per heavy atom. The van der Waals surface area contributed by atoms with Gasteiger partial charge < -0.3 is 15.2 Å². The van der Waals surface area contributed by atoms with Crippen LogP contribution in [0.3, 0.4) is 0 Å². The van der Waals surface area contributed by atoms with Gasteiger partial charge in [0, 0.05) is 17.4 Å². The summed E-state index contributed by atoms with van der Waals surface area (Å²) in [6.45, 7) is 5.96. The predicted octanol–water partition coefficient (Wildman–Crippen LogP) is 3.35. The number of hydrogen-bond acceptors (Lipinski definition) is 5. The van der Waals surface area contributed by atoms with E-state index in [4.69, 9.17) is 10.3 Å². The fraction of sp³-hybridized carbons (Fsp3) is 0.500. The van der Waals surface area contributed by atoms with Crippen molar-refractivity contribution in [3.63, 3.8) is 0 Å². The number of rotatable bonds is 6. The van der Waals surface area contributed by atoms with Gasteiger partial charge in [-0.15, -0.1) is 11.8 Å². The number of hydrogen-bond donors (Lipinski definition) is 1. The number of likely N-dealkylation sites (tertiary alicyclic amines) is 1. The Morgan fingerprint density at radius 3 is 2.77 bits per heavy atom. The third-order valence-corrected chi connectivity index (χ3v) is 6.15. The summed E-state index contributed by atoms with van der Waals surface area (Å²) in [5, 5.41) is 3.97. The van der Waals surface area contributed by atoms with E-state index >= 15 is 0 Å². The minimum atomic E-state index is -0.170. The van der Waals surface area contributed by atoms with E-state index in [1.807, 2.05) is 24.8 Å². The van der Waals surface area contributed by atoms with Gasteiger partial charge in [0.15, 0.2) is 0 Å². The number of thioether (sulfide) groups is 1. The molecule has 1 aliphatic heterocycles. The van der Waals surface area contributed by atoms with Crippen LogP contribution in [-0.2, 0) is 17.0 Å². The van der Waals surface area contributed by atoms with E-state index in [0.717, 1.165) is 42.0 Å². The van der Waals surface area contributed by atoms with Gasteiger partial charge in [0.2, 0.25) is 5.91 Å². The zero-order chi connectivity index (χ0) is 18.7. The Bertz CT molecular complexity index is 755. The van der Waals surface area contributed by atoms with Gasteiger partial charge in [-0.1, -0.05) is 29.4 Å². The largest absolute Gasteiger partial charge is 0.361 e. The summed E-state index contributed by atoms with van der Waals surface area (Å²) < 4.78 is 5.19. The molecule has 0 saturated carbocycles. The molecule has 2 N–H and O–H groups in total. The van der Waals surface area contributed by atoms with Crippen LogP contribution in [0.5, 0.6) is 0 Å². The van der Waals surface area contributed by atoms with Crippen molar-refractivity contribution in [1.29, 1.82) is 0 Å². The maximum atomic E-state index is 12.8. The number of amides is 1. The number of carbonyl (C=O) groups excluding carboxylic acids is 1. The van der Waals surface area contributed by atoms with E-state index in [-0.39, 0.29) is 18.1 Å². The second-order valence-electron chi connectivity index (χ2n) is 7.03. The quantitative estimate of drug-likeness (QED) is 0.841. The van der Waals surface area contributed by atoms with Crippen LogP contribution in [0.15, 0.2) is 28.8 Å². The summed E-state index contributed by atoms with van der Waals surface area (Å²) in [7, 11) is 0. The normalized spacial score (nSPS) is 19.9. The van der Waals surface area contributed by atoms with Crippen molar-refractivity contribution in [2.45, 2.75) is 58.0 Å². The van der Waals surface area contributed by atoms with Crippen LogP contribution in [0.2, 0.25) is 0 Å². The molecule has 1 amide bonds. The van der Waals surface area contributed by atoms with Crippen LogP contribution < -0.4 is 5.73 Å². The van der Waals surface area contributed by atoms with Crippen molar-refractivity contribution < 1.29 is 9.32 Å². The maximum absolute atomic E-state index is 12.8. The van der Waals surface area contributed by atoms with Crippen LogP contribution in [0.1, 0.15) is 41.0 Å². The molecular formula is C20H27N3O2S. The molecule has 0 spiro atoms. The molecule has 0 radical (unpaired) electrons. The zero-order valence-corrected chi connectivity index (χ0v) is 16.5. The lowest BCUT2D eigenvalue weighted by atomic mass is 10.00. The fourth-order valence-electron chi connectivity index (χ4n) is 3.62. The molecule has 2 unspecified atom stereocenters. The van der Waals surface area contributed by atoms with Gasteiger partial charge >= 0.3 is 0 Å². The third kappa shape index (κ3) is 4.13. The molecule has 1 saturated heterocycles. The standard InChI is InChI=1S/C20H27N3O2S/c1-13-6-4-5-7-16(13)10-17-8-9-19(21)23(17)20(24)12-26-11-18-14(2)22-25-15(18)3/h4-7,17,19H,8-12,21H2,1-3H3. The predicted molar refractivity (Wildman–Crippen MR) is 105 cm³/mol. The smallest absolute Gasteiger partial charge is 0.234 e. The van der Waals surface area contributed by atoms with Gasteiger partial charge in [-0.2, -0.15) is 0 Å². The molecule has 0 bridgehead atoms. The first-order valence-electron chi connectivity index (χ1n) is 9.08. The number of carbonyl (C=O) groups is 1. The van der Waals surface area contributed by atoms with Crippen molar-refractivity contribution in [2.75, 3.05) is 5.75 Å². The Morgan fingerprint density at radius 1 is 1.31 bits per heavy atom. The van der Waals surface area contributed by atoms with Gasteiger partial charge in [-0.05, 0) is 51.2 Å². The van der Waals surface area contributed by atoms with Crippen molar-refractivity contribution in [1.82, 2.24) is 10.1 Å². The summed E-state index contributed by atoms with van der Waals surface area (Å²) >= 11 is 1.60. The first kappa shape index (κ1) is 19.0. The molecule has 6 heteroatoms. The Hall–Kier alpha value is -1.79. The topological polar surface area (TPSA) is 72.4 Å². The van der Waals surface area contributed by atoms with Crippen LogP contribution in [0, 0.1) is 20.8 Å². The Balaban J connectivity index is 1.60. The molecule has 140 valence electrons. The number of aromatic nitrogens is 1. The van der Waals surface area contributed by atoms with E-state index in [9.17, 15) is 4.79 Å². The van der Waals surface area contributed by atoms with E-state index in [0.29, 0.717) is 5.75 Å². The van der Waals surface area contributed by atoms with Crippen LogP contribution in [0.4, 0.5) is 0 Å². The average Bonchev–Trinajstić information content (AvgIpc) is 3.13. The molecule has 3 rings (SSSR count). The van der Waals surface area contributed by atoms with Crippen molar-refractivity contribution >= 4 is 17.7 Å². The van der Waals surface area contributed by atoms with Crippen molar-refractivity contribution in [3.05, 3.63) is 52.4 Å². The first-order chi connectivity index (χ1) is 12.5. The molecule has 26 heavy (non-hydrogen) atoms. The third-order valence-electron chi connectivity index (χ3n) is 5.20. The van der Waals surface area contributed by atoms with Gasteiger partial charge in [0.1, 0.15) is 5.76 Å². The molecule has 2 atom stereocenters. The first-order valence-corrected chi connectivity index (χ1v) is 10.2. The van der Waals surface area contributed by atoms with Gasteiger partial charge in [0.05, 0.1) is 17.6 Å². The minimum absolute atomic E-state index is 0.130. The molecule has 2 heterocycles. The molecule has 1 aromatic heterocycles. The lowest BCUT2D eigenvalue weighted by molar-refractivity contribution is -0.131. The summed E-state index contributed by atoms with van der Waals surface area (Å²) in [6.07, 6.45) is 2.55. The van der Waals surface area contributed by atoms with Crippen molar-refractivity contribution in [3.8, 4) is 0 Å². The highest BCUT2D eigenvalue weighted by Crippen LogP contribution is 2.27. The number of nitrogens with two attached hydrogens (primary N) is 1. The SMILES string of the molecule is Cc1ccccc1CC1CCC(N)N1C(=O)CSCc1c(C)noc1C. The summed E-state index contributed by atoms with van der Waals surface area (Å²) in [5.74, 6) is 2.13. The van der Waals surface area contributed by atoms with Gasteiger partial charge in [-0.3, -0.25) is 4.79 Å². The maximum Gasteiger partial charge on any atom is 0.234 e. The van der Waals surface area contributed by atoms with Crippen LogP contribution in [-0.4, -0.2) is 33.9 Å². The monoisotopic (exact) mass is 373 g/mol. The number of nitrogens with zero attached hydrogens (tertiary/aromatic N) is 2. The highest BCUT2D eigenvalue weighted by Gasteiger charge is 2.34. The van der Waals surface area contributed by atoms with Gasteiger partial charge in [0.25, 0.3) is 0 Å². The molecule has 1 aromatic carbocycles. The second-order valence-corrected chi connectivity index (χ2v) is 8.01. The van der Waals surface area contributed by atoms with Gasteiger partial charge in [-0.25, -0.2) is 0 Å². The lowest BCUT2D eigenvalue weighted by Crippen LogP contribution is -2.47.